The van der Waals surface area contributed by atoms with Crippen LogP contribution in [0.5, 0.6) is 5.75 Å². The zero-order valence-corrected chi connectivity index (χ0v) is 14.5. The largest absolute Gasteiger partial charge is 0.485 e. The van der Waals surface area contributed by atoms with Crippen molar-refractivity contribution >= 4 is 39.1 Å². The predicted molar refractivity (Wildman–Crippen MR) is 90.4 cm³/mol. The Morgan fingerprint density at radius 2 is 1.95 bits per heavy atom. The van der Waals surface area contributed by atoms with Crippen molar-refractivity contribution in [3.8, 4) is 5.75 Å². The highest BCUT2D eigenvalue weighted by molar-refractivity contribution is 9.10. The molecule has 0 aliphatic carbocycles. The number of hydrogen-bond acceptors (Lipinski definition) is 2. The normalized spacial score (nSPS) is 20.8. The molecule has 0 spiro atoms. The van der Waals surface area contributed by atoms with Crippen molar-refractivity contribution in [3.05, 3.63) is 62.0 Å². The van der Waals surface area contributed by atoms with Gasteiger partial charge in [0, 0.05) is 38.1 Å². The van der Waals surface area contributed by atoms with Gasteiger partial charge in [-0.15, -0.1) is 0 Å². The fraction of sp³-hybridized carbons (Fsp3) is 0.250. The lowest BCUT2D eigenvalue weighted by Gasteiger charge is -2.33. The molecule has 2 atom stereocenters. The highest BCUT2D eigenvalue weighted by atomic mass is 79.9. The van der Waals surface area contributed by atoms with Crippen LogP contribution < -0.4 is 10.1 Å². The lowest BCUT2D eigenvalue weighted by atomic mass is 9.93. The summed E-state index contributed by atoms with van der Waals surface area (Å²) < 4.78 is 7.19. The van der Waals surface area contributed by atoms with Crippen molar-refractivity contribution in [2.45, 2.75) is 18.6 Å². The molecule has 2 unspecified atom stereocenters. The lowest BCUT2D eigenvalue weighted by molar-refractivity contribution is 0.154. The maximum atomic E-state index is 6.31. The first-order valence-electron chi connectivity index (χ1n) is 6.67. The van der Waals surface area contributed by atoms with E-state index in [1.807, 2.05) is 31.3 Å². The second-order valence-electron chi connectivity index (χ2n) is 5.03. The number of rotatable bonds is 2. The maximum Gasteiger partial charge on any atom is 0.127 e. The fourth-order valence-electron chi connectivity index (χ4n) is 2.67. The van der Waals surface area contributed by atoms with Crippen molar-refractivity contribution in [2.75, 3.05) is 7.05 Å². The summed E-state index contributed by atoms with van der Waals surface area (Å²) in [6, 6.07) is 11.8. The standard InChI is InChI=1S/C16H14BrCl2NO/c1-20-14-8-16(11-4-3-10(18)7-13(11)19)21-15-5-2-9(17)6-12(14)15/h2-7,14,16,20H,8H2,1H3. The molecule has 1 N–H and O–H groups in total. The summed E-state index contributed by atoms with van der Waals surface area (Å²) in [5, 5.41) is 4.62. The minimum Gasteiger partial charge on any atom is -0.485 e. The van der Waals surface area contributed by atoms with Gasteiger partial charge in [0.2, 0.25) is 0 Å². The Morgan fingerprint density at radius 3 is 2.67 bits per heavy atom. The first-order valence-corrected chi connectivity index (χ1v) is 8.21. The van der Waals surface area contributed by atoms with Gasteiger partial charge in [-0.05, 0) is 37.4 Å². The number of ether oxygens (including phenoxy) is 1. The van der Waals surface area contributed by atoms with Crippen molar-refractivity contribution in [1.82, 2.24) is 5.32 Å². The first-order chi connectivity index (χ1) is 10.1. The molecular formula is C16H14BrCl2NO. The van der Waals surface area contributed by atoms with E-state index in [9.17, 15) is 0 Å². The summed E-state index contributed by atoms with van der Waals surface area (Å²) in [5.41, 5.74) is 2.13. The average Bonchev–Trinajstić information content (AvgIpc) is 2.46. The topological polar surface area (TPSA) is 21.3 Å². The van der Waals surface area contributed by atoms with Crippen LogP contribution >= 0.6 is 39.1 Å². The molecule has 3 rings (SSSR count). The summed E-state index contributed by atoms with van der Waals surface area (Å²) in [7, 11) is 1.96. The van der Waals surface area contributed by atoms with E-state index in [4.69, 9.17) is 27.9 Å². The molecule has 1 heterocycles. The highest BCUT2D eigenvalue weighted by Crippen LogP contribution is 2.43. The van der Waals surface area contributed by atoms with Gasteiger partial charge >= 0.3 is 0 Å². The zero-order valence-electron chi connectivity index (χ0n) is 11.4. The predicted octanol–water partition coefficient (Wildman–Crippen LogP) is 5.54. The third kappa shape index (κ3) is 3.07. The van der Waals surface area contributed by atoms with E-state index in [2.05, 4.69) is 27.3 Å². The van der Waals surface area contributed by atoms with Gasteiger partial charge in [0.15, 0.2) is 0 Å². The minimum absolute atomic E-state index is 0.0825. The van der Waals surface area contributed by atoms with Gasteiger partial charge < -0.3 is 10.1 Å². The zero-order chi connectivity index (χ0) is 15.0. The van der Waals surface area contributed by atoms with E-state index >= 15 is 0 Å². The molecule has 0 saturated carbocycles. The number of benzene rings is 2. The maximum absolute atomic E-state index is 6.31. The second kappa shape index (κ2) is 6.17. The minimum atomic E-state index is -0.0825. The third-order valence-electron chi connectivity index (χ3n) is 3.72. The Bertz CT molecular complexity index is 677. The molecule has 0 bridgehead atoms. The number of fused-ring (bicyclic) bond motifs is 1. The Morgan fingerprint density at radius 1 is 1.14 bits per heavy atom. The molecule has 5 heteroatoms. The van der Waals surface area contributed by atoms with Crippen molar-refractivity contribution in [3.63, 3.8) is 0 Å². The molecule has 0 amide bonds. The molecule has 0 aromatic heterocycles. The van der Waals surface area contributed by atoms with Gasteiger partial charge in [0.05, 0.1) is 0 Å². The third-order valence-corrected chi connectivity index (χ3v) is 4.78. The average molecular weight is 387 g/mol. The van der Waals surface area contributed by atoms with E-state index in [1.165, 1.54) is 0 Å². The van der Waals surface area contributed by atoms with Crippen LogP contribution in [0.3, 0.4) is 0 Å². The van der Waals surface area contributed by atoms with Crippen LogP contribution in [-0.4, -0.2) is 7.05 Å². The van der Waals surface area contributed by atoms with Gasteiger partial charge in [-0.2, -0.15) is 0 Å². The second-order valence-corrected chi connectivity index (χ2v) is 6.79. The van der Waals surface area contributed by atoms with E-state index in [0.717, 1.165) is 27.8 Å². The summed E-state index contributed by atoms with van der Waals surface area (Å²) >= 11 is 15.8. The fourth-order valence-corrected chi connectivity index (χ4v) is 3.58. The molecule has 2 aromatic rings. The SMILES string of the molecule is CNC1CC(c2ccc(Cl)cc2Cl)Oc2ccc(Br)cc21. The van der Waals surface area contributed by atoms with Crippen LogP contribution in [0.2, 0.25) is 10.0 Å². The van der Waals surface area contributed by atoms with Crippen molar-refractivity contribution < 1.29 is 4.74 Å². The highest BCUT2D eigenvalue weighted by Gasteiger charge is 2.29. The summed E-state index contributed by atoms with van der Waals surface area (Å²) in [6.07, 6.45) is 0.738. The summed E-state index contributed by atoms with van der Waals surface area (Å²) in [4.78, 5) is 0. The Labute approximate surface area is 142 Å². The molecule has 2 nitrogen and oxygen atoms in total. The molecule has 1 aliphatic rings. The number of nitrogens with one attached hydrogen (secondary N) is 1. The molecule has 0 radical (unpaired) electrons. The van der Waals surface area contributed by atoms with Crippen LogP contribution in [0.1, 0.15) is 29.7 Å². The molecular weight excluding hydrogens is 373 g/mol. The van der Waals surface area contributed by atoms with Crippen LogP contribution in [0.15, 0.2) is 40.9 Å². The van der Waals surface area contributed by atoms with E-state index < -0.39 is 0 Å². The summed E-state index contributed by atoms with van der Waals surface area (Å²) in [5.74, 6) is 0.889. The Hall–Kier alpha value is -0.740. The van der Waals surface area contributed by atoms with Crippen LogP contribution in [0.25, 0.3) is 0 Å². The van der Waals surface area contributed by atoms with E-state index in [1.54, 1.807) is 6.07 Å². The Balaban J connectivity index is 1.98. The van der Waals surface area contributed by atoms with Gasteiger partial charge in [-0.1, -0.05) is 45.2 Å². The van der Waals surface area contributed by atoms with Gasteiger partial charge in [-0.25, -0.2) is 0 Å². The van der Waals surface area contributed by atoms with E-state index in [-0.39, 0.29) is 12.1 Å². The Kier molecular flexibility index (Phi) is 4.46. The monoisotopic (exact) mass is 385 g/mol. The van der Waals surface area contributed by atoms with Gasteiger partial charge in [0.1, 0.15) is 11.9 Å². The lowest BCUT2D eigenvalue weighted by Crippen LogP contribution is -2.26. The smallest absolute Gasteiger partial charge is 0.127 e. The molecule has 1 aliphatic heterocycles. The van der Waals surface area contributed by atoms with Crippen LogP contribution in [0, 0.1) is 0 Å². The van der Waals surface area contributed by atoms with Gasteiger partial charge in [-0.3, -0.25) is 0 Å². The van der Waals surface area contributed by atoms with Crippen molar-refractivity contribution in [2.24, 2.45) is 0 Å². The quantitative estimate of drug-likeness (QED) is 0.731. The number of halogens is 3. The molecule has 0 saturated heterocycles. The van der Waals surface area contributed by atoms with Gasteiger partial charge in [0.25, 0.3) is 0 Å². The van der Waals surface area contributed by atoms with Crippen LogP contribution in [-0.2, 0) is 0 Å². The number of hydrogen-bond donors (Lipinski definition) is 1. The first kappa shape index (κ1) is 15.2. The molecule has 110 valence electrons. The molecule has 0 fully saturated rings. The molecule has 2 aromatic carbocycles. The summed E-state index contributed by atoms with van der Waals surface area (Å²) in [6.45, 7) is 0. The van der Waals surface area contributed by atoms with Crippen molar-refractivity contribution in [1.29, 1.82) is 0 Å². The van der Waals surface area contributed by atoms with Crippen LogP contribution in [0.4, 0.5) is 0 Å². The van der Waals surface area contributed by atoms with E-state index in [0.29, 0.717) is 10.0 Å². The molecule has 21 heavy (non-hydrogen) atoms.